The lowest BCUT2D eigenvalue weighted by Crippen LogP contribution is -2.30. The fraction of sp³-hybridized carbons (Fsp3) is 0.556. The number of hydrogen-bond acceptors (Lipinski definition) is 2. The zero-order chi connectivity index (χ0) is 10.7. The van der Waals surface area contributed by atoms with E-state index in [1.807, 2.05) is 13.8 Å². The highest BCUT2D eigenvalue weighted by Crippen LogP contribution is 2.20. The second-order valence-electron chi connectivity index (χ2n) is 3.54. The van der Waals surface area contributed by atoms with Crippen LogP contribution in [0.1, 0.15) is 32.6 Å². The van der Waals surface area contributed by atoms with Crippen LogP contribution in [-0.4, -0.2) is 15.9 Å². The maximum atomic E-state index is 11.0. The van der Waals surface area contributed by atoms with Gasteiger partial charge in [0.15, 0.2) is 0 Å². The van der Waals surface area contributed by atoms with Crippen LogP contribution in [0.2, 0.25) is 0 Å². The Labute approximate surface area is 91.6 Å². The summed E-state index contributed by atoms with van der Waals surface area (Å²) in [6.07, 6.45) is 1.69. The van der Waals surface area contributed by atoms with Crippen LogP contribution in [0, 0.1) is 5.92 Å². The van der Waals surface area contributed by atoms with Gasteiger partial charge in [0, 0.05) is 6.92 Å². The molecule has 4 nitrogen and oxygen atoms in total. The van der Waals surface area contributed by atoms with Gasteiger partial charge in [-0.2, -0.15) is 0 Å². The maximum absolute atomic E-state index is 11.0. The summed E-state index contributed by atoms with van der Waals surface area (Å²) in [5, 5.41) is 2.86. The fourth-order valence-corrected chi connectivity index (χ4v) is 1.55. The number of H-pyrrole nitrogens is 1. The summed E-state index contributed by atoms with van der Waals surface area (Å²) in [6, 6.07) is -0.0567. The zero-order valence-electron chi connectivity index (χ0n) is 8.47. The lowest BCUT2D eigenvalue weighted by Gasteiger charge is -2.19. The lowest BCUT2D eigenvalue weighted by molar-refractivity contribution is -0.120. The highest BCUT2D eigenvalue weighted by molar-refractivity contribution is 9.10. The van der Waals surface area contributed by atoms with E-state index in [-0.39, 0.29) is 11.9 Å². The van der Waals surface area contributed by atoms with Gasteiger partial charge in [0.25, 0.3) is 0 Å². The predicted molar refractivity (Wildman–Crippen MR) is 57.7 cm³/mol. The summed E-state index contributed by atoms with van der Waals surface area (Å²) in [7, 11) is 0. The molecule has 0 aliphatic carbocycles. The van der Waals surface area contributed by atoms with Gasteiger partial charge in [0.05, 0.1) is 12.2 Å². The first-order valence-corrected chi connectivity index (χ1v) is 5.27. The van der Waals surface area contributed by atoms with Crippen LogP contribution in [0.5, 0.6) is 0 Å². The summed E-state index contributed by atoms with van der Waals surface area (Å²) in [4.78, 5) is 18.2. The molecule has 5 heteroatoms. The first kappa shape index (κ1) is 11.2. The number of rotatable bonds is 3. The third kappa shape index (κ3) is 2.83. The number of nitrogens with one attached hydrogen (secondary N) is 2. The summed E-state index contributed by atoms with van der Waals surface area (Å²) in [6.45, 7) is 5.58. The summed E-state index contributed by atoms with van der Waals surface area (Å²) in [5.74, 6) is 1.04. The molecule has 1 unspecified atom stereocenters. The summed E-state index contributed by atoms with van der Waals surface area (Å²) < 4.78 is 0.823. The Kier molecular flexibility index (Phi) is 3.69. The van der Waals surface area contributed by atoms with Gasteiger partial charge in [0.2, 0.25) is 5.91 Å². The molecular formula is C9H14BrN3O. The minimum Gasteiger partial charge on any atom is -0.346 e. The number of carbonyl (C=O) groups excluding carboxylic acids is 1. The average molecular weight is 260 g/mol. The van der Waals surface area contributed by atoms with Crippen molar-refractivity contribution in [2.45, 2.75) is 26.8 Å². The van der Waals surface area contributed by atoms with Crippen molar-refractivity contribution in [3.05, 3.63) is 16.6 Å². The molecule has 0 spiro atoms. The van der Waals surface area contributed by atoms with Crippen LogP contribution in [0.3, 0.4) is 0 Å². The highest BCUT2D eigenvalue weighted by atomic mass is 79.9. The van der Waals surface area contributed by atoms with E-state index in [1.165, 1.54) is 6.92 Å². The molecule has 0 aromatic carbocycles. The van der Waals surface area contributed by atoms with Gasteiger partial charge in [0.1, 0.15) is 10.4 Å². The van der Waals surface area contributed by atoms with Crippen molar-refractivity contribution in [2.75, 3.05) is 0 Å². The Balaban J connectivity index is 2.82. The monoisotopic (exact) mass is 259 g/mol. The molecule has 1 aromatic heterocycles. The molecule has 0 saturated heterocycles. The van der Waals surface area contributed by atoms with E-state index in [9.17, 15) is 4.79 Å². The Hall–Kier alpha value is -0.840. The number of nitrogens with zero attached hydrogens (tertiary/aromatic N) is 1. The number of halogens is 1. The van der Waals surface area contributed by atoms with E-state index in [1.54, 1.807) is 6.20 Å². The molecule has 2 N–H and O–H groups in total. The molecule has 0 fully saturated rings. The Morgan fingerprint density at radius 2 is 2.29 bits per heavy atom. The molecule has 14 heavy (non-hydrogen) atoms. The van der Waals surface area contributed by atoms with Crippen molar-refractivity contribution in [2.24, 2.45) is 5.92 Å². The smallest absolute Gasteiger partial charge is 0.217 e. The van der Waals surface area contributed by atoms with Gasteiger partial charge in [-0.05, 0) is 21.8 Å². The lowest BCUT2D eigenvalue weighted by atomic mass is 10.0. The van der Waals surface area contributed by atoms with Crippen molar-refractivity contribution in [1.82, 2.24) is 15.3 Å². The van der Waals surface area contributed by atoms with Crippen molar-refractivity contribution < 1.29 is 4.79 Å². The molecule has 78 valence electrons. The second kappa shape index (κ2) is 4.59. The predicted octanol–water partition coefficient (Wildman–Crippen LogP) is 2.01. The molecule has 1 atom stereocenters. The van der Waals surface area contributed by atoms with E-state index in [0.29, 0.717) is 5.92 Å². The zero-order valence-corrected chi connectivity index (χ0v) is 10.1. The molecule has 1 heterocycles. The van der Waals surface area contributed by atoms with Crippen molar-refractivity contribution in [3.8, 4) is 0 Å². The summed E-state index contributed by atoms with van der Waals surface area (Å²) in [5.41, 5.74) is 0. The third-order valence-corrected chi connectivity index (χ3v) is 2.29. The molecule has 0 aliphatic rings. The normalized spacial score (nSPS) is 12.9. The Morgan fingerprint density at radius 1 is 1.64 bits per heavy atom. The minimum atomic E-state index is -0.0567. The van der Waals surface area contributed by atoms with Crippen molar-refractivity contribution in [3.63, 3.8) is 0 Å². The molecule has 1 amide bonds. The van der Waals surface area contributed by atoms with E-state index in [0.717, 1.165) is 10.4 Å². The first-order chi connectivity index (χ1) is 6.50. The number of carbonyl (C=O) groups is 1. The third-order valence-electron chi connectivity index (χ3n) is 1.88. The van der Waals surface area contributed by atoms with Crippen LogP contribution in [-0.2, 0) is 4.79 Å². The van der Waals surface area contributed by atoms with Crippen molar-refractivity contribution in [1.29, 1.82) is 0 Å². The Morgan fingerprint density at radius 3 is 2.64 bits per heavy atom. The molecule has 0 bridgehead atoms. The molecule has 0 aliphatic heterocycles. The number of aromatic amines is 1. The van der Waals surface area contributed by atoms with Gasteiger partial charge in [-0.15, -0.1) is 0 Å². The van der Waals surface area contributed by atoms with Crippen LogP contribution in [0.25, 0.3) is 0 Å². The van der Waals surface area contributed by atoms with Gasteiger partial charge in [-0.25, -0.2) is 4.98 Å². The van der Waals surface area contributed by atoms with Gasteiger partial charge >= 0.3 is 0 Å². The largest absolute Gasteiger partial charge is 0.346 e. The van der Waals surface area contributed by atoms with E-state index in [2.05, 4.69) is 31.2 Å². The molecule has 0 saturated carbocycles. The SMILES string of the molecule is CC(=O)NC(c1ncc(Br)[nH]1)C(C)C. The molecule has 1 rings (SSSR count). The minimum absolute atomic E-state index is 0.0452. The molecule has 1 aromatic rings. The first-order valence-electron chi connectivity index (χ1n) is 4.48. The van der Waals surface area contributed by atoms with E-state index >= 15 is 0 Å². The van der Waals surface area contributed by atoms with Crippen LogP contribution in [0.4, 0.5) is 0 Å². The van der Waals surface area contributed by atoms with Gasteiger partial charge in [-0.1, -0.05) is 13.8 Å². The highest BCUT2D eigenvalue weighted by Gasteiger charge is 2.19. The second-order valence-corrected chi connectivity index (χ2v) is 4.39. The standard InChI is InChI=1S/C9H14BrN3O/c1-5(2)8(12-6(3)14)9-11-4-7(10)13-9/h4-5,8H,1-3H3,(H,11,13)(H,12,14). The van der Waals surface area contributed by atoms with Crippen LogP contribution < -0.4 is 5.32 Å². The molecule has 0 radical (unpaired) electrons. The van der Waals surface area contributed by atoms with Crippen LogP contribution in [0.15, 0.2) is 10.8 Å². The maximum Gasteiger partial charge on any atom is 0.217 e. The Bertz CT molecular complexity index is 322. The van der Waals surface area contributed by atoms with Gasteiger partial charge < -0.3 is 10.3 Å². The quantitative estimate of drug-likeness (QED) is 0.873. The summed E-state index contributed by atoms with van der Waals surface area (Å²) >= 11 is 3.29. The average Bonchev–Trinajstić information content (AvgIpc) is 2.46. The van der Waals surface area contributed by atoms with Crippen molar-refractivity contribution >= 4 is 21.8 Å². The number of amides is 1. The van der Waals surface area contributed by atoms with Crippen LogP contribution >= 0.6 is 15.9 Å². The topological polar surface area (TPSA) is 57.8 Å². The fourth-order valence-electron chi connectivity index (χ4n) is 1.24. The van der Waals surface area contributed by atoms with Gasteiger partial charge in [-0.3, -0.25) is 4.79 Å². The number of imidazole rings is 1. The number of hydrogen-bond donors (Lipinski definition) is 2. The molecular weight excluding hydrogens is 246 g/mol. The van der Waals surface area contributed by atoms with E-state index < -0.39 is 0 Å². The van der Waals surface area contributed by atoms with E-state index in [4.69, 9.17) is 0 Å². The number of aromatic nitrogens is 2.